The van der Waals surface area contributed by atoms with Gasteiger partial charge in [-0.15, -0.1) is 0 Å². The molecule has 2 heterocycles. The Morgan fingerprint density at radius 2 is 2.27 bits per heavy atom. The lowest BCUT2D eigenvalue weighted by Gasteiger charge is -2.51. The van der Waals surface area contributed by atoms with Crippen LogP contribution in [0.2, 0.25) is 0 Å². The molecular weight excluding hydrogens is 190 g/mol. The second kappa shape index (κ2) is 2.85. The van der Waals surface area contributed by atoms with E-state index in [4.69, 9.17) is 0 Å². The van der Waals surface area contributed by atoms with Crippen LogP contribution in [0.25, 0.3) is 0 Å². The van der Waals surface area contributed by atoms with E-state index in [1.165, 1.54) is 0 Å². The second-order valence-corrected chi connectivity index (χ2v) is 5.28. The average Bonchev–Trinajstić information content (AvgIpc) is 2.52. The maximum Gasteiger partial charge on any atom is 0.223 e. The summed E-state index contributed by atoms with van der Waals surface area (Å²) in [6.07, 6.45) is 4.20. The minimum absolute atomic E-state index is 0.0855. The van der Waals surface area contributed by atoms with Crippen molar-refractivity contribution in [1.82, 2.24) is 4.90 Å². The molecule has 0 aromatic carbocycles. The van der Waals surface area contributed by atoms with E-state index in [1.54, 1.807) is 0 Å². The SMILES string of the molecule is C=C1CN2C(=O)CC[C@]23CC[C@@H](O)[C@H]1C3. The van der Waals surface area contributed by atoms with Crippen molar-refractivity contribution in [1.29, 1.82) is 0 Å². The molecule has 3 fully saturated rings. The molecule has 0 unspecified atom stereocenters. The molecule has 3 atom stereocenters. The monoisotopic (exact) mass is 207 g/mol. The van der Waals surface area contributed by atoms with Gasteiger partial charge in [0.1, 0.15) is 0 Å². The van der Waals surface area contributed by atoms with E-state index in [2.05, 4.69) is 6.58 Å². The Kier molecular flexibility index (Phi) is 1.78. The van der Waals surface area contributed by atoms with Crippen molar-refractivity contribution in [2.75, 3.05) is 6.54 Å². The number of carbonyl (C=O) groups is 1. The Bertz CT molecular complexity index is 339. The highest BCUT2D eigenvalue weighted by molar-refractivity contribution is 5.80. The number of piperidine rings is 1. The molecule has 1 spiro atoms. The van der Waals surface area contributed by atoms with Gasteiger partial charge in [-0.2, -0.15) is 0 Å². The number of fused-ring (bicyclic) bond motifs is 1. The van der Waals surface area contributed by atoms with Gasteiger partial charge in [-0.1, -0.05) is 12.2 Å². The first-order valence-corrected chi connectivity index (χ1v) is 5.79. The van der Waals surface area contributed by atoms with Crippen molar-refractivity contribution < 1.29 is 9.90 Å². The van der Waals surface area contributed by atoms with E-state index in [-0.39, 0.29) is 23.5 Å². The molecule has 1 saturated carbocycles. The molecule has 2 aliphatic heterocycles. The topological polar surface area (TPSA) is 40.5 Å². The van der Waals surface area contributed by atoms with Crippen LogP contribution < -0.4 is 0 Å². The van der Waals surface area contributed by atoms with Gasteiger partial charge in [0.05, 0.1) is 6.10 Å². The summed E-state index contributed by atoms with van der Waals surface area (Å²) in [5, 5.41) is 9.91. The van der Waals surface area contributed by atoms with E-state index in [9.17, 15) is 9.90 Å². The molecule has 3 rings (SSSR count). The third-order valence-electron chi connectivity index (χ3n) is 4.53. The van der Waals surface area contributed by atoms with E-state index in [0.29, 0.717) is 13.0 Å². The van der Waals surface area contributed by atoms with Gasteiger partial charge in [-0.05, 0) is 25.7 Å². The Morgan fingerprint density at radius 3 is 3.07 bits per heavy atom. The zero-order valence-corrected chi connectivity index (χ0v) is 8.91. The number of hydrogen-bond donors (Lipinski definition) is 1. The fourth-order valence-electron chi connectivity index (χ4n) is 3.60. The Balaban J connectivity index is 1.97. The molecule has 82 valence electrons. The number of aliphatic hydroxyl groups is 1. The molecular formula is C12H17NO2. The summed E-state index contributed by atoms with van der Waals surface area (Å²) < 4.78 is 0. The first kappa shape index (κ1) is 9.40. The van der Waals surface area contributed by atoms with E-state index < -0.39 is 0 Å². The molecule has 0 aromatic rings. The molecule has 3 nitrogen and oxygen atoms in total. The van der Waals surface area contributed by atoms with Crippen molar-refractivity contribution in [2.45, 2.75) is 43.7 Å². The first-order valence-electron chi connectivity index (χ1n) is 5.79. The quantitative estimate of drug-likeness (QED) is 0.604. The predicted molar refractivity (Wildman–Crippen MR) is 56.2 cm³/mol. The van der Waals surface area contributed by atoms with Crippen LogP contribution in [0.5, 0.6) is 0 Å². The molecule has 2 saturated heterocycles. The van der Waals surface area contributed by atoms with Crippen LogP contribution in [0.3, 0.4) is 0 Å². The van der Waals surface area contributed by atoms with Gasteiger partial charge in [-0.25, -0.2) is 0 Å². The number of amides is 1. The van der Waals surface area contributed by atoms with Crippen LogP contribution >= 0.6 is 0 Å². The Labute approximate surface area is 89.8 Å². The maximum absolute atomic E-state index is 11.8. The summed E-state index contributed by atoms with van der Waals surface area (Å²) in [7, 11) is 0. The van der Waals surface area contributed by atoms with Gasteiger partial charge in [0.25, 0.3) is 0 Å². The van der Waals surface area contributed by atoms with Gasteiger partial charge in [0, 0.05) is 24.4 Å². The third kappa shape index (κ3) is 1.13. The second-order valence-electron chi connectivity index (χ2n) is 5.28. The minimum atomic E-state index is -0.221. The lowest BCUT2D eigenvalue weighted by Crippen LogP contribution is -2.57. The van der Waals surface area contributed by atoms with Crippen molar-refractivity contribution >= 4 is 5.91 Å². The maximum atomic E-state index is 11.8. The number of hydrogen-bond acceptors (Lipinski definition) is 2. The summed E-state index contributed by atoms with van der Waals surface area (Å²) in [4.78, 5) is 13.8. The van der Waals surface area contributed by atoms with Crippen LogP contribution in [0.15, 0.2) is 12.2 Å². The van der Waals surface area contributed by atoms with Gasteiger partial charge >= 0.3 is 0 Å². The van der Waals surface area contributed by atoms with Crippen LogP contribution in [0, 0.1) is 5.92 Å². The zero-order valence-electron chi connectivity index (χ0n) is 8.91. The minimum Gasteiger partial charge on any atom is -0.393 e. The van der Waals surface area contributed by atoms with Crippen LogP contribution in [-0.4, -0.2) is 34.1 Å². The number of nitrogens with zero attached hydrogens (tertiary/aromatic N) is 1. The zero-order chi connectivity index (χ0) is 10.6. The molecule has 1 amide bonds. The summed E-state index contributed by atoms with van der Waals surface area (Å²) in [6, 6.07) is 0. The van der Waals surface area contributed by atoms with Gasteiger partial charge in [-0.3, -0.25) is 4.79 Å². The fraction of sp³-hybridized carbons (Fsp3) is 0.750. The first-order chi connectivity index (χ1) is 7.12. The molecule has 0 radical (unpaired) electrons. The number of aliphatic hydroxyl groups excluding tert-OH is 1. The highest BCUT2D eigenvalue weighted by atomic mass is 16.3. The van der Waals surface area contributed by atoms with Crippen molar-refractivity contribution in [3.63, 3.8) is 0 Å². The molecule has 2 bridgehead atoms. The van der Waals surface area contributed by atoms with E-state index in [0.717, 1.165) is 31.3 Å². The summed E-state index contributed by atoms with van der Waals surface area (Å²) in [5.74, 6) is 0.520. The predicted octanol–water partition coefficient (Wildman–Crippen LogP) is 1.08. The number of carbonyl (C=O) groups excluding carboxylic acids is 1. The number of rotatable bonds is 0. The Morgan fingerprint density at radius 1 is 1.47 bits per heavy atom. The van der Waals surface area contributed by atoms with E-state index in [1.807, 2.05) is 4.90 Å². The van der Waals surface area contributed by atoms with Gasteiger partial charge in [0.2, 0.25) is 5.91 Å². The normalized spacial score (nSPS) is 44.5. The van der Waals surface area contributed by atoms with Gasteiger partial charge < -0.3 is 10.0 Å². The summed E-state index contributed by atoms with van der Waals surface area (Å²) in [5.41, 5.74) is 1.13. The highest BCUT2D eigenvalue weighted by Gasteiger charge is 2.53. The lowest BCUT2D eigenvalue weighted by atomic mass is 9.67. The van der Waals surface area contributed by atoms with Crippen LogP contribution in [0.1, 0.15) is 32.1 Å². The van der Waals surface area contributed by atoms with Crippen molar-refractivity contribution in [3.05, 3.63) is 12.2 Å². The molecule has 1 N–H and O–H groups in total. The standard InChI is InChI=1S/C12H17NO2/c1-8-7-13-11(15)3-5-12(13)4-2-10(14)9(8)6-12/h9-10,14H,1-7H2/t9-,10+,12-/m0/s1. The molecule has 3 heteroatoms. The van der Waals surface area contributed by atoms with Crippen LogP contribution in [-0.2, 0) is 4.79 Å². The fourth-order valence-corrected chi connectivity index (χ4v) is 3.60. The Hall–Kier alpha value is -0.830. The smallest absolute Gasteiger partial charge is 0.223 e. The van der Waals surface area contributed by atoms with Gasteiger partial charge in [0.15, 0.2) is 0 Å². The summed E-state index contributed by atoms with van der Waals surface area (Å²) in [6.45, 7) is 4.70. The molecule has 1 aliphatic carbocycles. The summed E-state index contributed by atoms with van der Waals surface area (Å²) >= 11 is 0. The van der Waals surface area contributed by atoms with Crippen molar-refractivity contribution in [3.8, 4) is 0 Å². The average molecular weight is 207 g/mol. The third-order valence-corrected chi connectivity index (χ3v) is 4.53. The van der Waals surface area contributed by atoms with E-state index >= 15 is 0 Å². The lowest BCUT2D eigenvalue weighted by molar-refractivity contribution is -0.135. The largest absolute Gasteiger partial charge is 0.393 e. The van der Waals surface area contributed by atoms with Crippen molar-refractivity contribution in [2.24, 2.45) is 5.92 Å². The molecule has 0 aromatic heterocycles. The molecule has 3 aliphatic rings. The molecule has 15 heavy (non-hydrogen) atoms. The highest BCUT2D eigenvalue weighted by Crippen LogP contribution is 2.49. The van der Waals surface area contributed by atoms with Crippen LogP contribution in [0.4, 0.5) is 0 Å².